The van der Waals surface area contributed by atoms with E-state index in [2.05, 4.69) is 0 Å². The number of rotatable bonds is 10. The molecule has 1 aliphatic heterocycles. The normalized spacial score (nSPS) is 16.9. The minimum absolute atomic E-state index is 0.0939. The number of ether oxygens (including phenoxy) is 2. The molecule has 0 saturated carbocycles. The van der Waals surface area contributed by atoms with Gasteiger partial charge >= 0.3 is 0 Å². The predicted octanol–water partition coefficient (Wildman–Crippen LogP) is 1.34. The fourth-order valence-corrected chi connectivity index (χ4v) is 4.21. The van der Waals surface area contributed by atoms with Crippen LogP contribution in [0.3, 0.4) is 0 Å². The largest absolute Gasteiger partial charge is 0.497 e. The van der Waals surface area contributed by atoms with Crippen molar-refractivity contribution in [3.63, 3.8) is 0 Å². The highest BCUT2D eigenvalue weighted by Crippen LogP contribution is 2.35. The van der Waals surface area contributed by atoms with Gasteiger partial charge in [-0.15, -0.1) is 0 Å². The molecule has 6 N–H and O–H groups in total. The van der Waals surface area contributed by atoms with Gasteiger partial charge in [-0.3, -0.25) is 10.7 Å². The molecule has 190 valence electrons. The average Bonchev–Trinajstić information content (AvgIpc) is 2.88. The summed E-state index contributed by atoms with van der Waals surface area (Å²) in [6, 6.07) is 15.3. The maximum absolute atomic E-state index is 9.73. The number of aromatic nitrogens is 2. The number of methoxy groups -OCH3 is 2. The van der Waals surface area contributed by atoms with Crippen molar-refractivity contribution >= 4 is 11.4 Å². The van der Waals surface area contributed by atoms with Crippen molar-refractivity contribution in [1.29, 1.82) is 0 Å². The highest BCUT2D eigenvalue weighted by atomic mass is 16.5. The fourth-order valence-electron chi connectivity index (χ4n) is 4.21. The molecule has 2 aromatic carbocycles. The number of aliphatic imine (C=N–C) groups is 1. The Labute approximate surface area is 210 Å². The van der Waals surface area contributed by atoms with E-state index in [0.29, 0.717) is 41.5 Å². The predicted molar refractivity (Wildman–Crippen MR) is 137 cm³/mol. The molecule has 1 atom stereocenters. The van der Waals surface area contributed by atoms with Crippen LogP contribution in [-0.4, -0.2) is 59.1 Å². The van der Waals surface area contributed by atoms with Gasteiger partial charge in [-0.05, 0) is 35.4 Å². The van der Waals surface area contributed by atoms with Crippen LogP contribution >= 0.6 is 0 Å². The van der Waals surface area contributed by atoms with E-state index in [1.165, 1.54) is 5.01 Å². The van der Waals surface area contributed by atoms with E-state index in [1.54, 1.807) is 14.2 Å². The topological polar surface area (TPSA) is 152 Å². The van der Waals surface area contributed by atoms with E-state index < -0.39 is 5.79 Å². The highest BCUT2D eigenvalue weighted by Gasteiger charge is 2.39. The second-order valence-electron chi connectivity index (χ2n) is 8.59. The van der Waals surface area contributed by atoms with E-state index in [1.807, 2.05) is 48.5 Å². The third kappa shape index (κ3) is 5.31. The number of nitrogens with two attached hydrogens (primary N) is 2. The first kappa shape index (κ1) is 25.5. The quantitative estimate of drug-likeness (QED) is 0.307. The van der Waals surface area contributed by atoms with Crippen molar-refractivity contribution in [3.8, 4) is 11.5 Å². The average molecular weight is 493 g/mol. The molecule has 1 aliphatic rings. The molecule has 0 aliphatic carbocycles. The lowest BCUT2D eigenvalue weighted by Crippen LogP contribution is -2.62. The van der Waals surface area contributed by atoms with Gasteiger partial charge in [0.1, 0.15) is 28.7 Å². The Bertz CT molecular complexity index is 1220. The van der Waals surface area contributed by atoms with Crippen LogP contribution in [0.25, 0.3) is 0 Å². The van der Waals surface area contributed by atoms with Gasteiger partial charge in [0.25, 0.3) is 0 Å². The molecule has 1 unspecified atom stereocenters. The lowest BCUT2D eigenvalue weighted by molar-refractivity contribution is 0.235. The third-order valence-corrected chi connectivity index (χ3v) is 6.14. The highest BCUT2D eigenvalue weighted by molar-refractivity contribution is 6.06. The number of aliphatic hydroxyl groups is 2. The van der Waals surface area contributed by atoms with Crippen LogP contribution in [0, 0.1) is 0 Å². The van der Waals surface area contributed by atoms with E-state index in [9.17, 15) is 10.2 Å². The monoisotopic (exact) mass is 492 g/mol. The van der Waals surface area contributed by atoms with Gasteiger partial charge in [0, 0.05) is 32.3 Å². The molecule has 0 fully saturated rings. The number of nitrogens with zero attached hydrogens (tertiary/aromatic N) is 4. The Balaban J connectivity index is 1.83. The number of aliphatic hydroxyl groups excluding tert-OH is 2. The number of anilines is 1. The summed E-state index contributed by atoms with van der Waals surface area (Å²) < 4.78 is 10.5. The number of hydrogen-bond donors (Lipinski definition) is 4. The van der Waals surface area contributed by atoms with Crippen LogP contribution in [-0.2, 0) is 19.3 Å². The summed E-state index contributed by atoms with van der Waals surface area (Å²) in [5.41, 5.74) is 11.0. The van der Waals surface area contributed by atoms with Gasteiger partial charge in [0.05, 0.1) is 32.2 Å². The Kier molecular flexibility index (Phi) is 7.80. The minimum Gasteiger partial charge on any atom is -0.497 e. The van der Waals surface area contributed by atoms with Crippen molar-refractivity contribution < 1.29 is 19.7 Å². The van der Waals surface area contributed by atoms with Crippen LogP contribution in [0.5, 0.6) is 11.5 Å². The lowest BCUT2D eigenvalue weighted by Gasteiger charge is -2.41. The zero-order chi connectivity index (χ0) is 25.7. The second-order valence-corrected chi connectivity index (χ2v) is 8.59. The summed E-state index contributed by atoms with van der Waals surface area (Å²) in [4.78, 5) is 14.2. The molecule has 10 heteroatoms. The number of benzene rings is 2. The first-order chi connectivity index (χ1) is 17.4. The summed E-state index contributed by atoms with van der Waals surface area (Å²) in [5, 5.41) is 20.7. The second kappa shape index (κ2) is 11.0. The molecular weight excluding hydrogens is 460 g/mol. The summed E-state index contributed by atoms with van der Waals surface area (Å²) in [5.74, 6) is 7.17. The number of hydrogen-bond acceptors (Lipinski definition) is 10. The Morgan fingerprint density at radius 1 is 0.861 bits per heavy atom. The van der Waals surface area contributed by atoms with Crippen LogP contribution in [0.2, 0.25) is 0 Å². The van der Waals surface area contributed by atoms with Crippen molar-refractivity contribution in [2.45, 2.75) is 31.5 Å². The molecule has 10 nitrogen and oxygen atoms in total. The first-order valence-corrected chi connectivity index (χ1v) is 11.7. The molecule has 0 radical (unpaired) electrons. The zero-order valence-corrected chi connectivity index (χ0v) is 20.5. The van der Waals surface area contributed by atoms with E-state index in [-0.39, 0.29) is 26.1 Å². The van der Waals surface area contributed by atoms with Gasteiger partial charge in [-0.25, -0.2) is 20.8 Å². The molecule has 2 heterocycles. The van der Waals surface area contributed by atoms with Crippen LogP contribution in [0.4, 0.5) is 5.69 Å². The Morgan fingerprint density at radius 2 is 1.44 bits per heavy atom. The molecule has 0 saturated heterocycles. The molecule has 1 aromatic heterocycles. The SMILES string of the molecule is COc1ccc(CC2=NC(N)(CCO)N(N)c3c(Cc4ccc(OC)cc4)nc(CCO)nc32)cc1. The van der Waals surface area contributed by atoms with Crippen LogP contribution in [0.1, 0.15) is 34.8 Å². The maximum atomic E-state index is 9.73. The third-order valence-electron chi connectivity index (χ3n) is 6.14. The van der Waals surface area contributed by atoms with Crippen LogP contribution in [0.15, 0.2) is 53.5 Å². The molecular formula is C26H32N6O4. The van der Waals surface area contributed by atoms with Gasteiger partial charge in [0.2, 0.25) is 0 Å². The van der Waals surface area contributed by atoms with Crippen LogP contribution < -0.4 is 26.1 Å². The van der Waals surface area contributed by atoms with E-state index >= 15 is 0 Å². The lowest BCUT2D eigenvalue weighted by atomic mass is 9.98. The molecule has 36 heavy (non-hydrogen) atoms. The molecule has 0 spiro atoms. The summed E-state index contributed by atoms with van der Waals surface area (Å²) in [6.45, 7) is -0.292. The molecule has 3 aromatic rings. The Morgan fingerprint density at radius 3 is 1.97 bits per heavy atom. The van der Waals surface area contributed by atoms with Gasteiger partial charge in [-0.1, -0.05) is 24.3 Å². The van der Waals surface area contributed by atoms with Crippen molar-refractivity contribution in [3.05, 3.63) is 76.9 Å². The standard InChI is InChI=1S/C26H32N6O4/c1-35-19-7-3-17(4-8-19)15-21-24-25(32(28)26(27,31-21)12-14-34)22(29-23(30-24)11-13-33)16-18-5-9-20(36-2)10-6-18/h3-10,33-34H,11-16,27-28H2,1-2H3. The van der Waals surface area contributed by atoms with Gasteiger partial charge in [-0.2, -0.15) is 0 Å². The van der Waals surface area contributed by atoms with Crippen molar-refractivity contribution in [1.82, 2.24) is 9.97 Å². The molecule has 4 rings (SSSR count). The Hall–Kier alpha value is -3.57. The first-order valence-electron chi connectivity index (χ1n) is 11.7. The van der Waals surface area contributed by atoms with E-state index in [4.69, 9.17) is 36.0 Å². The number of hydrazine groups is 1. The minimum atomic E-state index is -1.37. The van der Waals surface area contributed by atoms with Gasteiger partial charge in [0.15, 0.2) is 5.79 Å². The summed E-state index contributed by atoms with van der Waals surface area (Å²) in [6.07, 6.45) is 1.29. The maximum Gasteiger partial charge on any atom is 0.200 e. The molecule has 0 bridgehead atoms. The fraction of sp³-hybridized carbons (Fsp3) is 0.346. The van der Waals surface area contributed by atoms with Crippen molar-refractivity contribution in [2.75, 3.05) is 32.4 Å². The summed E-state index contributed by atoms with van der Waals surface area (Å²) in [7, 11) is 3.24. The number of fused-ring (bicyclic) bond motifs is 1. The van der Waals surface area contributed by atoms with E-state index in [0.717, 1.165) is 22.6 Å². The molecule has 0 amide bonds. The van der Waals surface area contributed by atoms with Gasteiger partial charge < -0.3 is 19.7 Å². The zero-order valence-electron chi connectivity index (χ0n) is 20.5. The summed E-state index contributed by atoms with van der Waals surface area (Å²) >= 11 is 0. The smallest absolute Gasteiger partial charge is 0.200 e. The van der Waals surface area contributed by atoms with Crippen molar-refractivity contribution in [2.24, 2.45) is 16.6 Å².